The molecular weight excluding hydrogens is 287 g/mol. The molecule has 1 aliphatic heterocycles. The molecule has 0 amide bonds. The molecule has 0 atom stereocenters. The maximum atomic E-state index is 14.2. The van der Waals surface area contributed by atoms with Crippen molar-refractivity contribution in [3.05, 3.63) is 70.5 Å². The van der Waals surface area contributed by atoms with Crippen LogP contribution < -0.4 is 0 Å². The van der Waals surface area contributed by atoms with E-state index in [4.69, 9.17) is 5.11 Å². The number of thioether (sulfide) groups is 1. The van der Waals surface area contributed by atoms with Crippen LogP contribution in [0.15, 0.2) is 47.4 Å². The Morgan fingerprint density at radius 3 is 2.71 bits per heavy atom. The molecule has 0 bridgehead atoms. The Morgan fingerprint density at radius 1 is 1.19 bits per heavy atom. The Hall–Kier alpha value is -2.07. The highest BCUT2D eigenvalue weighted by Crippen LogP contribution is 2.38. The number of aromatic carboxylic acids is 1. The predicted molar refractivity (Wildman–Crippen MR) is 82.3 cm³/mol. The molecular formula is C17H13FO2S. The molecule has 21 heavy (non-hydrogen) atoms. The van der Waals surface area contributed by atoms with Crippen LogP contribution >= 0.6 is 11.8 Å². The number of hydrogen-bond donors (Lipinski definition) is 1. The number of carboxylic acid groups (broad SMARTS) is 1. The van der Waals surface area contributed by atoms with Gasteiger partial charge in [0, 0.05) is 16.2 Å². The maximum absolute atomic E-state index is 14.2. The summed E-state index contributed by atoms with van der Waals surface area (Å²) in [6.07, 6.45) is 1.95. The fourth-order valence-electron chi connectivity index (χ4n) is 2.42. The van der Waals surface area contributed by atoms with Crippen molar-refractivity contribution in [3.63, 3.8) is 0 Å². The molecule has 2 aromatic carbocycles. The first kappa shape index (κ1) is 13.9. The summed E-state index contributed by atoms with van der Waals surface area (Å²) in [6.45, 7) is 1.84. The number of carbonyl (C=O) groups is 1. The van der Waals surface area contributed by atoms with Crippen molar-refractivity contribution in [2.24, 2.45) is 0 Å². The Balaban J connectivity index is 2.16. The van der Waals surface area contributed by atoms with E-state index in [1.54, 1.807) is 36.0 Å². The van der Waals surface area contributed by atoms with Crippen molar-refractivity contribution in [1.82, 2.24) is 0 Å². The second kappa shape index (κ2) is 5.37. The van der Waals surface area contributed by atoms with Gasteiger partial charge >= 0.3 is 5.97 Å². The second-order valence-electron chi connectivity index (χ2n) is 4.93. The van der Waals surface area contributed by atoms with E-state index in [2.05, 4.69) is 0 Å². The number of aryl methyl sites for hydroxylation is 1. The molecule has 0 saturated heterocycles. The van der Waals surface area contributed by atoms with Gasteiger partial charge < -0.3 is 5.11 Å². The van der Waals surface area contributed by atoms with E-state index in [1.807, 2.05) is 19.1 Å². The van der Waals surface area contributed by atoms with Gasteiger partial charge in [0.05, 0.1) is 5.56 Å². The molecule has 1 N–H and O–H groups in total. The summed E-state index contributed by atoms with van der Waals surface area (Å²) in [6, 6.07) is 10.1. The topological polar surface area (TPSA) is 37.3 Å². The lowest BCUT2D eigenvalue weighted by Crippen LogP contribution is -2.03. The fraction of sp³-hybridized carbons (Fsp3) is 0.118. The van der Waals surface area contributed by atoms with E-state index in [9.17, 15) is 9.18 Å². The van der Waals surface area contributed by atoms with Crippen molar-refractivity contribution in [1.29, 1.82) is 0 Å². The smallest absolute Gasteiger partial charge is 0.335 e. The molecule has 2 nitrogen and oxygen atoms in total. The number of benzene rings is 2. The van der Waals surface area contributed by atoms with Gasteiger partial charge in [-0.3, -0.25) is 0 Å². The molecule has 106 valence electrons. The van der Waals surface area contributed by atoms with Gasteiger partial charge in [0.15, 0.2) is 0 Å². The van der Waals surface area contributed by atoms with E-state index < -0.39 is 5.97 Å². The van der Waals surface area contributed by atoms with Crippen LogP contribution in [-0.4, -0.2) is 16.8 Å². The third-order valence-corrected chi connectivity index (χ3v) is 4.46. The molecule has 2 aromatic rings. The number of fused-ring (bicyclic) bond motifs is 1. The van der Waals surface area contributed by atoms with Crippen LogP contribution in [-0.2, 0) is 0 Å². The summed E-state index contributed by atoms with van der Waals surface area (Å²) in [5.41, 5.74) is 3.15. The molecule has 0 aromatic heterocycles. The second-order valence-corrected chi connectivity index (χ2v) is 5.99. The highest BCUT2D eigenvalue weighted by Gasteiger charge is 2.19. The van der Waals surface area contributed by atoms with Crippen LogP contribution in [0.3, 0.4) is 0 Å². The first-order chi connectivity index (χ1) is 10.1. The van der Waals surface area contributed by atoms with Gasteiger partial charge in [-0.2, -0.15) is 0 Å². The molecule has 0 saturated carbocycles. The van der Waals surface area contributed by atoms with E-state index >= 15 is 0 Å². The van der Waals surface area contributed by atoms with Crippen LogP contribution in [0.2, 0.25) is 0 Å². The molecule has 0 unspecified atom stereocenters. The predicted octanol–water partition coefficient (Wildman–Crippen LogP) is 4.37. The minimum Gasteiger partial charge on any atom is -0.478 e. The Bertz CT molecular complexity index is 765. The normalized spacial score (nSPS) is 13.5. The van der Waals surface area contributed by atoms with Gasteiger partial charge in [0.1, 0.15) is 5.82 Å². The molecule has 1 heterocycles. The minimum absolute atomic E-state index is 0.217. The van der Waals surface area contributed by atoms with Gasteiger partial charge in [-0.15, -0.1) is 11.8 Å². The standard InChI is InChI=1S/C17H13FO2S/c1-10-2-4-13(15(18)8-10)12-6-7-21-16-5-3-11(17(19)20)9-14(12)16/h2-6,8-9H,7H2,1H3,(H,19,20). The molecule has 4 heteroatoms. The average molecular weight is 300 g/mol. The number of hydrogen-bond acceptors (Lipinski definition) is 2. The minimum atomic E-state index is -0.975. The van der Waals surface area contributed by atoms with Gasteiger partial charge in [-0.05, 0) is 47.9 Å². The van der Waals surface area contributed by atoms with Gasteiger partial charge in [-0.1, -0.05) is 18.2 Å². The van der Waals surface area contributed by atoms with E-state index in [-0.39, 0.29) is 11.4 Å². The van der Waals surface area contributed by atoms with Crippen LogP contribution in [0.5, 0.6) is 0 Å². The van der Waals surface area contributed by atoms with Crippen LogP contribution in [0.4, 0.5) is 4.39 Å². The van der Waals surface area contributed by atoms with Crippen molar-refractivity contribution in [2.45, 2.75) is 11.8 Å². The quantitative estimate of drug-likeness (QED) is 0.895. The van der Waals surface area contributed by atoms with Crippen molar-refractivity contribution < 1.29 is 14.3 Å². The summed E-state index contributed by atoms with van der Waals surface area (Å²) in [4.78, 5) is 12.1. The first-order valence-corrected chi connectivity index (χ1v) is 7.52. The number of halogens is 1. The summed E-state index contributed by atoms with van der Waals surface area (Å²) < 4.78 is 14.2. The molecule has 3 rings (SSSR count). The van der Waals surface area contributed by atoms with Crippen LogP contribution in [0.25, 0.3) is 5.57 Å². The zero-order chi connectivity index (χ0) is 15.0. The lowest BCUT2D eigenvalue weighted by molar-refractivity contribution is 0.0697. The summed E-state index contributed by atoms with van der Waals surface area (Å²) in [5.74, 6) is -0.501. The molecule has 0 spiro atoms. The van der Waals surface area contributed by atoms with Gasteiger partial charge in [0.25, 0.3) is 0 Å². The van der Waals surface area contributed by atoms with E-state index in [0.717, 1.165) is 27.3 Å². The highest BCUT2D eigenvalue weighted by molar-refractivity contribution is 7.99. The summed E-state index contributed by atoms with van der Waals surface area (Å²) >= 11 is 1.62. The van der Waals surface area contributed by atoms with Gasteiger partial charge in [0.2, 0.25) is 0 Å². The lowest BCUT2D eigenvalue weighted by atomic mass is 9.94. The van der Waals surface area contributed by atoms with Crippen LogP contribution in [0.1, 0.15) is 27.0 Å². The van der Waals surface area contributed by atoms with Crippen molar-refractivity contribution in [2.75, 3.05) is 5.75 Å². The Morgan fingerprint density at radius 2 is 2.00 bits per heavy atom. The van der Waals surface area contributed by atoms with Crippen molar-refractivity contribution >= 4 is 23.3 Å². The number of carboxylic acids is 1. The number of rotatable bonds is 2. The average Bonchev–Trinajstić information content (AvgIpc) is 2.46. The fourth-order valence-corrected chi connectivity index (χ4v) is 3.34. The lowest BCUT2D eigenvalue weighted by Gasteiger charge is -2.19. The SMILES string of the molecule is Cc1ccc(C2=CCSc3ccc(C(=O)O)cc32)c(F)c1. The van der Waals surface area contributed by atoms with E-state index in [1.165, 1.54) is 6.07 Å². The largest absolute Gasteiger partial charge is 0.478 e. The summed E-state index contributed by atoms with van der Waals surface area (Å²) in [7, 11) is 0. The zero-order valence-electron chi connectivity index (χ0n) is 11.4. The molecule has 0 radical (unpaired) electrons. The third-order valence-electron chi connectivity index (χ3n) is 3.46. The molecule has 0 aliphatic carbocycles. The Kier molecular flexibility index (Phi) is 3.55. The third kappa shape index (κ3) is 2.59. The zero-order valence-corrected chi connectivity index (χ0v) is 12.2. The Labute approximate surface area is 126 Å². The monoisotopic (exact) mass is 300 g/mol. The molecule has 1 aliphatic rings. The molecule has 0 fully saturated rings. The van der Waals surface area contributed by atoms with Crippen molar-refractivity contribution in [3.8, 4) is 0 Å². The first-order valence-electron chi connectivity index (χ1n) is 6.53. The van der Waals surface area contributed by atoms with Gasteiger partial charge in [-0.25, -0.2) is 9.18 Å². The highest BCUT2D eigenvalue weighted by atomic mass is 32.2. The van der Waals surface area contributed by atoms with Crippen LogP contribution in [0, 0.1) is 12.7 Å². The summed E-state index contributed by atoms with van der Waals surface area (Å²) in [5, 5.41) is 9.13. The maximum Gasteiger partial charge on any atom is 0.335 e. The van der Waals surface area contributed by atoms with E-state index in [0.29, 0.717) is 5.56 Å².